The summed E-state index contributed by atoms with van der Waals surface area (Å²) in [6.45, 7) is 6.99. The van der Waals surface area contributed by atoms with E-state index in [0.717, 1.165) is 5.00 Å². The van der Waals surface area contributed by atoms with E-state index >= 15 is 0 Å². The quantitative estimate of drug-likeness (QED) is 0.669. The third-order valence-corrected chi connectivity index (χ3v) is 3.60. The van der Waals surface area contributed by atoms with Gasteiger partial charge in [0, 0.05) is 6.04 Å². The Morgan fingerprint density at radius 1 is 1.33 bits per heavy atom. The van der Waals surface area contributed by atoms with Gasteiger partial charge in [0.2, 0.25) is 0 Å². The van der Waals surface area contributed by atoms with Gasteiger partial charge in [0.25, 0.3) is 0 Å². The van der Waals surface area contributed by atoms with Gasteiger partial charge in [0.15, 0.2) is 16.6 Å². The van der Waals surface area contributed by atoms with Crippen molar-refractivity contribution in [3.63, 3.8) is 0 Å². The largest absolute Gasteiger partial charge is 0.487 e. The molecule has 104 valence electrons. The molecule has 1 unspecified atom stereocenters. The van der Waals surface area contributed by atoms with Crippen molar-refractivity contribution in [3.05, 3.63) is 0 Å². The Balaban J connectivity index is 2.41. The number of unbranched alkanes of at least 4 members (excludes halogenated alkanes) is 3. The van der Waals surface area contributed by atoms with Crippen LogP contribution in [0.3, 0.4) is 0 Å². The second-order valence-electron chi connectivity index (χ2n) is 4.55. The van der Waals surface area contributed by atoms with Crippen LogP contribution in [0.15, 0.2) is 0 Å². The summed E-state index contributed by atoms with van der Waals surface area (Å²) in [5.41, 5.74) is 5.78. The average molecular weight is 271 g/mol. The summed E-state index contributed by atoms with van der Waals surface area (Å²) in [7, 11) is 0. The topological polar surface area (TPSA) is 60.2 Å². The van der Waals surface area contributed by atoms with Crippen molar-refractivity contribution in [1.82, 2.24) is 4.37 Å². The van der Waals surface area contributed by atoms with Crippen LogP contribution in [0.25, 0.3) is 0 Å². The van der Waals surface area contributed by atoms with Gasteiger partial charge in [-0.2, -0.15) is 4.37 Å². The van der Waals surface area contributed by atoms with E-state index in [1.165, 1.54) is 43.6 Å². The van der Waals surface area contributed by atoms with Gasteiger partial charge in [-0.25, -0.2) is 0 Å². The highest BCUT2D eigenvalue weighted by Crippen LogP contribution is 2.35. The number of nitrogen functional groups attached to an aromatic ring is 1. The number of rotatable bonds is 9. The lowest BCUT2D eigenvalue weighted by Crippen LogP contribution is -2.14. The zero-order valence-corrected chi connectivity index (χ0v) is 12.5. The monoisotopic (exact) mass is 271 g/mol. The first-order valence-electron chi connectivity index (χ1n) is 6.83. The maximum absolute atomic E-state index is 5.78. The molecular formula is C13H25N3OS. The third kappa shape index (κ3) is 4.72. The molecule has 0 saturated carbocycles. The predicted octanol–water partition coefficient (Wildman–Crippen LogP) is 3.89. The van der Waals surface area contributed by atoms with Gasteiger partial charge in [0.1, 0.15) is 0 Å². The van der Waals surface area contributed by atoms with E-state index in [4.69, 9.17) is 10.5 Å². The van der Waals surface area contributed by atoms with Crippen molar-refractivity contribution < 1.29 is 4.74 Å². The van der Waals surface area contributed by atoms with Gasteiger partial charge in [-0.1, -0.05) is 32.6 Å². The van der Waals surface area contributed by atoms with Gasteiger partial charge in [-0.05, 0) is 31.8 Å². The summed E-state index contributed by atoms with van der Waals surface area (Å²) >= 11 is 1.38. The van der Waals surface area contributed by atoms with Crippen LogP contribution < -0.4 is 15.8 Å². The van der Waals surface area contributed by atoms with Crippen LogP contribution in [0.1, 0.15) is 52.9 Å². The molecule has 1 aromatic rings. The van der Waals surface area contributed by atoms with Crippen LogP contribution in [0.4, 0.5) is 10.8 Å². The summed E-state index contributed by atoms with van der Waals surface area (Å²) in [6, 6.07) is 0.431. The highest BCUT2D eigenvalue weighted by molar-refractivity contribution is 7.11. The van der Waals surface area contributed by atoms with E-state index in [0.29, 0.717) is 24.2 Å². The SMILES string of the molecule is CCCCCCC(C)Nc1snc(N)c1OCC. The molecule has 0 saturated heterocycles. The number of nitrogens with zero attached hydrogens (tertiary/aromatic N) is 1. The van der Waals surface area contributed by atoms with Crippen LogP contribution in [-0.2, 0) is 0 Å². The fourth-order valence-corrected chi connectivity index (χ4v) is 2.62. The molecule has 0 bridgehead atoms. The Bertz CT molecular complexity index is 341. The highest BCUT2D eigenvalue weighted by atomic mass is 32.1. The molecule has 0 radical (unpaired) electrons. The van der Waals surface area contributed by atoms with Gasteiger partial charge in [-0.15, -0.1) is 0 Å². The molecule has 0 aromatic carbocycles. The fraction of sp³-hybridized carbons (Fsp3) is 0.769. The van der Waals surface area contributed by atoms with Crippen LogP contribution >= 0.6 is 11.5 Å². The molecule has 0 aliphatic carbocycles. The Kier molecular flexibility index (Phi) is 6.86. The number of nitrogens with two attached hydrogens (primary N) is 1. The normalized spacial score (nSPS) is 12.4. The van der Waals surface area contributed by atoms with E-state index in [1.807, 2.05) is 6.92 Å². The lowest BCUT2D eigenvalue weighted by atomic mass is 10.1. The molecule has 3 N–H and O–H groups in total. The Morgan fingerprint density at radius 3 is 2.78 bits per heavy atom. The first-order chi connectivity index (χ1) is 8.69. The molecular weight excluding hydrogens is 246 g/mol. The molecule has 0 fully saturated rings. The minimum atomic E-state index is 0.431. The summed E-state index contributed by atoms with van der Waals surface area (Å²) in [4.78, 5) is 0. The first-order valence-corrected chi connectivity index (χ1v) is 7.60. The molecule has 0 spiro atoms. The maximum Gasteiger partial charge on any atom is 0.197 e. The van der Waals surface area contributed by atoms with E-state index in [9.17, 15) is 0 Å². The molecule has 1 heterocycles. The van der Waals surface area contributed by atoms with Crippen LogP contribution in [0, 0.1) is 0 Å². The second-order valence-corrected chi connectivity index (χ2v) is 5.33. The zero-order chi connectivity index (χ0) is 13.4. The standard InChI is InChI=1S/C13H25N3OS/c1-4-6-7-8-9-10(3)15-13-11(17-5-2)12(14)16-18-13/h10,15H,4-9H2,1-3H3,(H2,14,16). The molecule has 4 nitrogen and oxygen atoms in total. The van der Waals surface area contributed by atoms with Crippen molar-refractivity contribution in [2.24, 2.45) is 0 Å². The molecule has 0 aliphatic rings. The van der Waals surface area contributed by atoms with Gasteiger partial charge in [-0.3, -0.25) is 0 Å². The number of anilines is 2. The minimum absolute atomic E-state index is 0.431. The molecule has 1 atom stereocenters. The van der Waals surface area contributed by atoms with Gasteiger partial charge in [0.05, 0.1) is 6.61 Å². The van der Waals surface area contributed by atoms with E-state index < -0.39 is 0 Å². The first kappa shape index (κ1) is 15.1. The fourth-order valence-electron chi connectivity index (χ4n) is 1.84. The lowest BCUT2D eigenvalue weighted by molar-refractivity contribution is 0.344. The number of nitrogens with one attached hydrogen (secondary N) is 1. The van der Waals surface area contributed by atoms with E-state index in [-0.39, 0.29) is 0 Å². The van der Waals surface area contributed by atoms with Crippen molar-refractivity contribution in [3.8, 4) is 5.75 Å². The van der Waals surface area contributed by atoms with Crippen molar-refractivity contribution in [2.45, 2.75) is 58.9 Å². The number of hydrogen-bond donors (Lipinski definition) is 2. The minimum Gasteiger partial charge on any atom is -0.487 e. The second kappa shape index (κ2) is 8.19. The lowest BCUT2D eigenvalue weighted by Gasteiger charge is -2.14. The smallest absolute Gasteiger partial charge is 0.197 e. The van der Waals surface area contributed by atoms with Crippen molar-refractivity contribution in [2.75, 3.05) is 17.7 Å². The van der Waals surface area contributed by atoms with Crippen LogP contribution in [0.5, 0.6) is 5.75 Å². The van der Waals surface area contributed by atoms with Crippen molar-refractivity contribution >= 4 is 22.4 Å². The highest BCUT2D eigenvalue weighted by Gasteiger charge is 2.14. The molecule has 1 aromatic heterocycles. The predicted molar refractivity (Wildman–Crippen MR) is 79.5 cm³/mol. The average Bonchev–Trinajstić information content (AvgIpc) is 2.68. The van der Waals surface area contributed by atoms with Crippen LogP contribution in [-0.4, -0.2) is 17.0 Å². The molecule has 18 heavy (non-hydrogen) atoms. The van der Waals surface area contributed by atoms with Gasteiger partial charge >= 0.3 is 0 Å². The zero-order valence-electron chi connectivity index (χ0n) is 11.7. The summed E-state index contributed by atoms with van der Waals surface area (Å²) in [6.07, 6.45) is 6.35. The summed E-state index contributed by atoms with van der Waals surface area (Å²) in [5, 5.41) is 4.40. The Labute approximate surface area is 114 Å². The number of ether oxygens (including phenoxy) is 1. The molecule has 0 aliphatic heterocycles. The van der Waals surface area contributed by atoms with Crippen molar-refractivity contribution in [1.29, 1.82) is 0 Å². The molecule has 1 rings (SSSR count). The van der Waals surface area contributed by atoms with Gasteiger partial charge < -0.3 is 15.8 Å². The number of aromatic nitrogens is 1. The maximum atomic E-state index is 5.78. The summed E-state index contributed by atoms with van der Waals surface area (Å²) < 4.78 is 9.64. The van der Waals surface area contributed by atoms with Crippen LogP contribution in [0.2, 0.25) is 0 Å². The molecule has 5 heteroatoms. The van der Waals surface area contributed by atoms with E-state index in [2.05, 4.69) is 23.5 Å². The molecule has 0 amide bonds. The number of hydrogen-bond acceptors (Lipinski definition) is 5. The summed E-state index contributed by atoms with van der Waals surface area (Å²) in [5.74, 6) is 1.20. The van der Waals surface area contributed by atoms with E-state index in [1.54, 1.807) is 0 Å². The Hall–Kier alpha value is -0.970. The third-order valence-electron chi connectivity index (χ3n) is 2.83. The Morgan fingerprint density at radius 2 is 2.11 bits per heavy atom.